The molecule has 0 radical (unpaired) electrons. The Hall–Kier alpha value is -8.18. The number of hydrogen-bond acceptors (Lipinski definition) is 3. The molecule has 1 aromatic heterocycles. The van der Waals surface area contributed by atoms with Gasteiger partial charge in [0.1, 0.15) is 0 Å². The Balaban J connectivity index is 1.10. The normalized spacial score (nSPS) is 13.7. The second-order valence-electron chi connectivity index (χ2n) is 29.8. The zero-order valence-corrected chi connectivity index (χ0v) is 54.5. The number of rotatable bonds is 7. The van der Waals surface area contributed by atoms with E-state index in [1.54, 1.807) is 0 Å². The molecule has 0 saturated heterocycles. The minimum absolute atomic E-state index is 0.0110. The van der Waals surface area contributed by atoms with Gasteiger partial charge >= 0.3 is 0 Å². The standard InChI is InChI=1S/C83H81BN2S/c1-16-83(14,15)58-41-45-71-69(50-58)84-75-72(85(71)70-44-40-56(81(8,9)10)48-66(70)53-35-43-65-63-25-18-17-23-61(63)62-24-19-20-26-64(62)67(65)47-53)29-22-30-73(75)86(77-68-49-57(82(11,12)13)42-46-74(68)87-78(77)84)76-59(51-31-36-54(37-32-51)79(2,3)4)27-21-28-60(76)52-33-38-55(39-34-52)80(5,6)7/h17-50H,16H2,1-15H3. The SMILES string of the molecule is CCC(C)(C)c1ccc2c(c1)B1c3sc4ccc(C(C)(C)C)cc4c3N(c3c(-c4ccc(C(C)(C)C)cc4)cccc3-c3ccc(C(C)(C)C)cc3)c3cccc(c31)N2c1ccc(C(C)(C)C)cc1-c1ccc2c3ccccc3c3ccccc3c2c1. The van der Waals surface area contributed by atoms with Crippen LogP contribution >= 0.6 is 11.3 Å². The van der Waals surface area contributed by atoms with Crippen molar-refractivity contribution in [1.29, 1.82) is 0 Å². The van der Waals surface area contributed by atoms with Crippen molar-refractivity contribution in [2.24, 2.45) is 0 Å². The first-order chi connectivity index (χ1) is 41.4. The van der Waals surface area contributed by atoms with E-state index in [0.717, 1.165) is 6.42 Å². The third-order valence-corrected chi connectivity index (χ3v) is 20.9. The fourth-order valence-electron chi connectivity index (χ4n) is 14.1. The molecule has 2 aliphatic heterocycles. The molecule has 0 bridgehead atoms. The molecular weight excluding hydrogens is 1070 g/mol. The highest BCUT2D eigenvalue weighted by molar-refractivity contribution is 7.33. The van der Waals surface area contributed by atoms with E-state index in [0.29, 0.717) is 0 Å². The van der Waals surface area contributed by atoms with E-state index in [1.165, 1.54) is 153 Å². The predicted octanol–water partition coefficient (Wildman–Crippen LogP) is 22.3. The smallest absolute Gasteiger partial charge is 0.264 e. The fraction of sp³-hybridized carbons (Fsp3) is 0.253. The van der Waals surface area contributed by atoms with Gasteiger partial charge in [-0.15, -0.1) is 11.3 Å². The van der Waals surface area contributed by atoms with Gasteiger partial charge in [-0.1, -0.05) is 262 Å². The van der Waals surface area contributed by atoms with Gasteiger partial charge in [0, 0.05) is 48.6 Å². The van der Waals surface area contributed by atoms with E-state index in [2.05, 4.69) is 320 Å². The number of nitrogens with zero attached hydrogens (tertiary/aromatic N) is 2. The van der Waals surface area contributed by atoms with Crippen molar-refractivity contribution >= 4 is 110 Å². The van der Waals surface area contributed by atoms with Gasteiger partial charge in [-0.3, -0.25) is 0 Å². The summed E-state index contributed by atoms with van der Waals surface area (Å²) in [7, 11) is 0. The third-order valence-electron chi connectivity index (χ3n) is 19.7. The number of para-hydroxylation sites is 1. The molecule has 0 N–H and O–H groups in total. The summed E-state index contributed by atoms with van der Waals surface area (Å²) in [5.41, 5.74) is 23.7. The van der Waals surface area contributed by atoms with Crippen molar-refractivity contribution in [1.82, 2.24) is 0 Å². The molecule has 0 atom stereocenters. The summed E-state index contributed by atoms with van der Waals surface area (Å²) in [4.78, 5) is 5.40. The molecule has 0 fully saturated rings. The Morgan fingerprint density at radius 2 is 0.793 bits per heavy atom. The Labute approximate surface area is 521 Å². The third kappa shape index (κ3) is 9.34. The summed E-state index contributed by atoms with van der Waals surface area (Å²) in [6, 6.07) is 80.7. The zero-order chi connectivity index (χ0) is 60.9. The van der Waals surface area contributed by atoms with E-state index >= 15 is 0 Å². The van der Waals surface area contributed by atoms with Crippen LogP contribution in [0.1, 0.15) is 138 Å². The summed E-state index contributed by atoms with van der Waals surface area (Å²) in [5, 5.41) is 8.99. The molecule has 0 unspecified atom stereocenters. The maximum atomic E-state index is 2.74. The predicted molar refractivity (Wildman–Crippen MR) is 383 cm³/mol. The van der Waals surface area contributed by atoms with Crippen molar-refractivity contribution in [3.63, 3.8) is 0 Å². The molecule has 0 spiro atoms. The second kappa shape index (κ2) is 20.2. The van der Waals surface area contributed by atoms with Crippen molar-refractivity contribution in [2.75, 3.05) is 9.80 Å². The summed E-state index contributed by atoms with van der Waals surface area (Å²) in [6.07, 6.45) is 1.02. The van der Waals surface area contributed by atoms with Crippen LogP contribution in [0.25, 0.3) is 75.8 Å². The lowest BCUT2D eigenvalue weighted by atomic mass is 9.36. The molecule has 87 heavy (non-hydrogen) atoms. The van der Waals surface area contributed by atoms with E-state index in [4.69, 9.17) is 0 Å². The largest absolute Gasteiger partial charge is 0.311 e. The lowest BCUT2D eigenvalue weighted by Crippen LogP contribution is -2.60. The summed E-state index contributed by atoms with van der Waals surface area (Å²) in [6.45, 7) is 35.1. The van der Waals surface area contributed by atoms with Gasteiger partial charge in [0.2, 0.25) is 0 Å². The molecule has 12 aromatic rings. The molecule has 2 aliphatic rings. The van der Waals surface area contributed by atoms with E-state index in [1.807, 2.05) is 11.3 Å². The number of anilines is 6. The van der Waals surface area contributed by atoms with Crippen molar-refractivity contribution in [2.45, 2.75) is 137 Å². The molecule has 3 heterocycles. The van der Waals surface area contributed by atoms with Gasteiger partial charge in [-0.25, -0.2) is 0 Å². The average Bonchev–Trinajstić information content (AvgIpc) is 1.69. The van der Waals surface area contributed by atoms with Crippen molar-refractivity contribution in [3.8, 4) is 33.4 Å². The average molecular weight is 1150 g/mol. The molecule has 4 heteroatoms. The van der Waals surface area contributed by atoms with Crippen LogP contribution in [0.15, 0.2) is 206 Å². The van der Waals surface area contributed by atoms with Crippen LogP contribution < -0.4 is 25.5 Å². The minimum atomic E-state index is -0.0966. The van der Waals surface area contributed by atoms with Gasteiger partial charge in [0.25, 0.3) is 6.71 Å². The summed E-state index contributed by atoms with van der Waals surface area (Å²) in [5.74, 6) is 0. The molecule has 0 amide bonds. The first kappa shape index (κ1) is 56.6. The van der Waals surface area contributed by atoms with Crippen LogP contribution in [-0.2, 0) is 27.1 Å². The van der Waals surface area contributed by atoms with Gasteiger partial charge in [-0.05, 0) is 170 Å². The van der Waals surface area contributed by atoms with E-state index in [9.17, 15) is 0 Å². The first-order valence-electron chi connectivity index (χ1n) is 31.7. The van der Waals surface area contributed by atoms with Gasteiger partial charge in [0.15, 0.2) is 0 Å². The van der Waals surface area contributed by atoms with Crippen molar-refractivity contribution < 1.29 is 0 Å². The van der Waals surface area contributed by atoms with Gasteiger partial charge in [0.05, 0.1) is 17.1 Å². The quantitative estimate of drug-likeness (QED) is 0.116. The Bertz CT molecular complexity index is 4630. The fourth-order valence-corrected chi connectivity index (χ4v) is 15.4. The van der Waals surface area contributed by atoms with Gasteiger partial charge < -0.3 is 9.80 Å². The van der Waals surface area contributed by atoms with Crippen LogP contribution in [0.4, 0.5) is 34.1 Å². The Morgan fingerprint density at radius 1 is 0.333 bits per heavy atom. The van der Waals surface area contributed by atoms with Crippen LogP contribution in [0.5, 0.6) is 0 Å². The summed E-state index contributed by atoms with van der Waals surface area (Å²) < 4.78 is 2.69. The lowest BCUT2D eigenvalue weighted by molar-refractivity contribution is 0.506. The van der Waals surface area contributed by atoms with E-state index in [-0.39, 0.29) is 33.8 Å². The topological polar surface area (TPSA) is 6.48 Å². The number of hydrogen-bond donors (Lipinski definition) is 0. The Morgan fingerprint density at radius 3 is 1.34 bits per heavy atom. The molecule has 0 aliphatic carbocycles. The second-order valence-corrected chi connectivity index (χ2v) is 30.9. The molecule has 0 saturated carbocycles. The molecular formula is C83H81BN2S. The van der Waals surface area contributed by atoms with Crippen LogP contribution in [0, 0.1) is 0 Å². The van der Waals surface area contributed by atoms with E-state index < -0.39 is 0 Å². The molecule has 11 aromatic carbocycles. The lowest BCUT2D eigenvalue weighted by Gasteiger charge is -2.44. The maximum Gasteiger partial charge on any atom is 0.264 e. The highest BCUT2D eigenvalue weighted by Crippen LogP contribution is 2.54. The number of fused-ring (bicyclic) bond motifs is 12. The molecule has 14 rings (SSSR count). The highest BCUT2D eigenvalue weighted by Gasteiger charge is 2.47. The number of thiophene rings is 1. The maximum absolute atomic E-state index is 2.74. The zero-order valence-electron chi connectivity index (χ0n) is 53.7. The summed E-state index contributed by atoms with van der Waals surface area (Å²) >= 11 is 2.00. The molecule has 432 valence electrons. The van der Waals surface area contributed by atoms with Crippen LogP contribution in [0.3, 0.4) is 0 Å². The van der Waals surface area contributed by atoms with Crippen LogP contribution in [0.2, 0.25) is 0 Å². The first-order valence-corrected chi connectivity index (χ1v) is 32.5. The van der Waals surface area contributed by atoms with Crippen LogP contribution in [-0.4, -0.2) is 6.71 Å². The monoisotopic (exact) mass is 1150 g/mol. The minimum Gasteiger partial charge on any atom is -0.311 e. The van der Waals surface area contributed by atoms with Crippen molar-refractivity contribution in [3.05, 3.63) is 234 Å². The molecule has 2 nitrogen and oxygen atoms in total. The Kier molecular flexibility index (Phi) is 13.1. The highest BCUT2D eigenvalue weighted by atomic mass is 32.1. The van der Waals surface area contributed by atoms with Gasteiger partial charge in [-0.2, -0.15) is 0 Å². The number of benzene rings is 11.